The summed E-state index contributed by atoms with van der Waals surface area (Å²) in [7, 11) is 0. The Morgan fingerprint density at radius 1 is 0.913 bits per heavy atom. The van der Waals surface area contributed by atoms with Crippen LogP contribution in [0.4, 0.5) is 5.82 Å². The van der Waals surface area contributed by atoms with Crippen LogP contribution in [0.3, 0.4) is 0 Å². The van der Waals surface area contributed by atoms with Gasteiger partial charge in [-0.1, -0.05) is 30.3 Å². The fraction of sp³-hybridized carbons (Fsp3) is 0.263. The summed E-state index contributed by atoms with van der Waals surface area (Å²) >= 11 is 0. The number of benzene rings is 1. The molecule has 23 heavy (non-hydrogen) atoms. The van der Waals surface area contributed by atoms with Gasteiger partial charge in [0.25, 0.3) is 0 Å². The molecule has 0 aliphatic rings. The van der Waals surface area contributed by atoms with E-state index < -0.39 is 0 Å². The topological polar surface area (TPSA) is 42.7 Å². The Hall–Kier alpha value is -2.62. The van der Waals surface area contributed by atoms with E-state index in [2.05, 4.69) is 52.7 Å². The standard InChI is InChI=1S/C19H22N4/c1-14-6-4-9-19(21-14)20-12-17-7-5-8-18(11-17)13-23-16(3)10-15(2)22-23/h4-11H,12-13H2,1-3H3,(H,20,21). The first-order valence-electron chi connectivity index (χ1n) is 7.86. The SMILES string of the molecule is Cc1cccc(NCc2cccc(Cn3nc(C)cc3C)c2)n1. The number of aryl methyl sites for hydroxylation is 3. The van der Waals surface area contributed by atoms with Crippen molar-refractivity contribution in [2.45, 2.75) is 33.9 Å². The minimum atomic E-state index is 0.765. The maximum atomic E-state index is 4.53. The maximum absolute atomic E-state index is 4.53. The molecule has 0 bridgehead atoms. The first-order chi connectivity index (χ1) is 11.1. The second-order valence-corrected chi connectivity index (χ2v) is 5.92. The fourth-order valence-electron chi connectivity index (χ4n) is 2.68. The highest BCUT2D eigenvalue weighted by atomic mass is 15.3. The van der Waals surface area contributed by atoms with Crippen molar-refractivity contribution in [1.29, 1.82) is 0 Å². The van der Waals surface area contributed by atoms with Crippen molar-refractivity contribution in [3.05, 3.63) is 76.7 Å². The van der Waals surface area contributed by atoms with Crippen LogP contribution < -0.4 is 5.32 Å². The van der Waals surface area contributed by atoms with Crippen LogP contribution in [0.5, 0.6) is 0 Å². The molecule has 118 valence electrons. The molecule has 0 fully saturated rings. The van der Waals surface area contributed by atoms with Crippen molar-refractivity contribution >= 4 is 5.82 Å². The number of nitrogens with one attached hydrogen (secondary N) is 1. The number of aromatic nitrogens is 3. The van der Waals surface area contributed by atoms with Gasteiger partial charge < -0.3 is 5.32 Å². The van der Waals surface area contributed by atoms with Gasteiger partial charge >= 0.3 is 0 Å². The highest BCUT2D eigenvalue weighted by Crippen LogP contribution is 2.12. The van der Waals surface area contributed by atoms with Gasteiger partial charge in [0.15, 0.2) is 0 Å². The van der Waals surface area contributed by atoms with E-state index in [-0.39, 0.29) is 0 Å². The minimum Gasteiger partial charge on any atom is -0.366 e. The lowest BCUT2D eigenvalue weighted by molar-refractivity contribution is 0.658. The lowest BCUT2D eigenvalue weighted by Crippen LogP contribution is -2.06. The summed E-state index contributed by atoms with van der Waals surface area (Å²) in [6, 6.07) is 16.7. The normalized spacial score (nSPS) is 10.7. The van der Waals surface area contributed by atoms with Gasteiger partial charge in [-0.05, 0) is 50.1 Å². The molecule has 0 aliphatic heterocycles. The smallest absolute Gasteiger partial charge is 0.126 e. The van der Waals surface area contributed by atoms with Gasteiger partial charge in [0.1, 0.15) is 5.82 Å². The average Bonchev–Trinajstić information content (AvgIpc) is 2.83. The van der Waals surface area contributed by atoms with Crippen LogP contribution in [0.1, 0.15) is 28.2 Å². The Labute approximate surface area is 137 Å². The van der Waals surface area contributed by atoms with E-state index >= 15 is 0 Å². The van der Waals surface area contributed by atoms with Crippen molar-refractivity contribution in [1.82, 2.24) is 14.8 Å². The molecule has 0 aliphatic carbocycles. The van der Waals surface area contributed by atoms with E-state index in [1.165, 1.54) is 16.8 Å². The number of pyridine rings is 1. The van der Waals surface area contributed by atoms with Crippen LogP contribution in [-0.4, -0.2) is 14.8 Å². The second kappa shape index (κ2) is 6.65. The third-order valence-corrected chi connectivity index (χ3v) is 3.79. The summed E-state index contributed by atoms with van der Waals surface area (Å²) in [5, 5.41) is 7.90. The molecule has 0 spiro atoms. The second-order valence-electron chi connectivity index (χ2n) is 5.92. The molecule has 0 saturated heterocycles. The van der Waals surface area contributed by atoms with Gasteiger partial charge in [0, 0.05) is 17.9 Å². The zero-order valence-corrected chi connectivity index (χ0v) is 13.9. The number of rotatable bonds is 5. The van der Waals surface area contributed by atoms with Gasteiger partial charge in [0.05, 0.1) is 12.2 Å². The summed E-state index contributed by atoms with van der Waals surface area (Å²) in [6.45, 7) is 7.69. The van der Waals surface area contributed by atoms with Gasteiger partial charge in [-0.15, -0.1) is 0 Å². The summed E-state index contributed by atoms with van der Waals surface area (Å²) in [6.07, 6.45) is 0. The van der Waals surface area contributed by atoms with Crippen LogP contribution >= 0.6 is 0 Å². The molecule has 0 radical (unpaired) electrons. The lowest BCUT2D eigenvalue weighted by Gasteiger charge is -2.09. The highest BCUT2D eigenvalue weighted by Gasteiger charge is 2.03. The number of nitrogens with zero attached hydrogens (tertiary/aromatic N) is 3. The monoisotopic (exact) mass is 306 g/mol. The van der Waals surface area contributed by atoms with Crippen LogP contribution in [0.25, 0.3) is 0 Å². The first-order valence-corrected chi connectivity index (χ1v) is 7.86. The minimum absolute atomic E-state index is 0.765. The predicted octanol–water partition coefficient (Wildman–Crippen LogP) is 3.86. The Balaban J connectivity index is 1.68. The van der Waals surface area contributed by atoms with E-state index in [0.717, 1.165) is 30.3 Å². The average molecular weight is 306 g/mol. The highest BCUT2D eigenvalue weighted by molar-refractivity contribution is 5.37. The largest absolute Gasteiger partial charge is 0.366 e. The molecule has 1 aromatic carbocycles. The molecule has 0 atom stereocenters. The molecule has 3 aromatic rings. The molecular weight excluding hydrogens is 284 g/mol. The quantitative estimate of drug-likeness (QED) is 0.778. The van der Waals surface area contributed by atoms with Gasteiger partial charge in [-0.2, -0.15) is 5.10 Å². The van der Waals surface area contributed by atoms with E-state index in [1.54, 1.807) is 0 Å². The van der Waals surface area contributed by atoms with Crippen LogP contribution in [0, 0.1) is 20.8 Å². The van der Waals surface area contributed by atoms with Gasteiger partial charge in [-0.25, -0.2) is 4.98 Å². The zero-order valence-electron chi connectivity index (χ0n) is 13.9. The Kier molecular flexibility index (Phi) is 4.42. The Morgan fingerprint density at radius 2 is 1.70 bits per heavy atom. The fourth-order valence-corrected chi connectivity index (χ4v) is 2.68. The molecule has 1 N–H and O–H groups in total. The maximum Gasteiger partial charge on any atom is 0.126 e. The van der Waals surface area contributed by atoms with E-state index in [4.69, 9.17) is 0 Å². The molecule has 0 saturated carbocycles. The summed E-state index contributed by atoms with van der Waals surface area (Å²) in [5.74, 6) is 0.911. The number of hydrogen-bond acceptors (Lipinski definition) is 3. The third-order valence-electron chi connectivity index (χ3n) is 3.79. The molecule has 0 amide bonds. The molecule has 0 unspecified atom stereocenters. The van der Waals surface area contributed by atoms with Crippen molar-refractivity contribution in [2.75, 3.05) is 5.32 Å². The van der Waals surface area contributed by atoms with Crippen LogP contribution in [0.2, 0.25) is 0 Å². The third kappa shape index (κ3) is 3.97. The summed E-state index contributed by atoms with van der Waals surface area (Å²) in [4.78, 5) is 4.47. The zero-order chi connectivity index (χ0) is 16.2. The van der Waals surface area contributed by atoms with Crippen molar-refractivity contribution in [3.8, 4) is 0 Å². The Morgan fingerprint density at radius 3 is 2.43 bits per heavy atom. The molecule has 3 rings (SSSR count). The molecule has 4 heteroatoms. The predicted molar refractivity (Wildman–Crippen MR) is 93.5 cm³/mol. The van der Waals surface area contributed by atoms with Crippen LogP contribution in [-0.2, 0) is 13.1 Å². The number of hydrogen-bond donors (Lipinski definition) is 1. The first kappa shape index (κ1) is 15.3. The van der Waals surface area contributed by atoms with Crippen LogP contribution in [0.15, 0.2) is 48.5 Å². The van der Waals surface area contributed by atoms with Crippen molar-refractivity contribution in [2.24, 2.45) is 0 Å². The summed E-state index contributed by atoms with van der Waals surface area (Å²) in [5.41, 5.74) is 5.77. The van der Waals surface area contributed by atoms with Crippen molar-refractivity contribution < 1.29 is 0 Å². The van der Waals surface area contributed by atoms with Gasteiger partial charge in [0.2, 0.25) is 0 Å². The van der Waals surface area contributed by atoms with E-state index in [9.17, 15) is 0 Å². The Bertz CT molecular complexity index is 805. The number of anilines is 1. The van der Waals surface area contributed by atoms with E-state index in [0.29, 0.717) is 0 Å². The molecular formula is C19H22N4. The van der Waals surface area contributed by atoms with E-state index in [1.807, 2.05) is 36.7 Å². The molecule has 2 heterocycles. The summed E-state index contributed by atoms with van der Waals surface area (Å²) < 4.78 is 2.05. The van der Waals surface area contributed by atoms with Gasteiger partial charge in [-0.3, -0.25) is 4.68 Å². The lowest BCUT2D eigenvalue weighted by atomic mass is 10.1. The molecule has 2 aromatic heterocycles. The molecule has 4 nitrogen and oxygen atoms in total. The van der Waals surface area contributed by atoms with Crippen molar-refractivity contribution in [3.63, 3.8) is 0 Å².